The molecule has 2 aliphatic heterocycles. The summed E-state index contributed by atoms with van der Waals surface area (Å²) in [4.78, 5) is 64.4. The van der Waals surface area contributed by atoms with E-state index in [1.54, 1.807) is 12.4 Å². The molecule has 2 saturated heterocycles. The van der Waals surface area contributed by atoms with Gasteiger partial charge in [-0.05, 0) is 96.2 Å². The molecule has 6 aromatic heterocycles. The molecule has 0 bridgehead atoms. The average molecular weight is 1220 g/mol. The quantitative estimate of drug-likeness (QED) is 0.0658. The third-order valence-electron chi connectivity index (χ3n) is 16.3. The molecule has 4 aliphatic rings. The van der Waals surface area contributed by atoms with Crippen molar-refractivity contribution in [3.05, 3.63) is 192 Å². The number of carbonyl (C=O) groups excluding carboxylic acids is 1. The number of hydrogen-bond acceptors (Lipinski definition) is 17. The first-order chi connectivity index (χ1) is 41.4. The molecule has 12 rings (SSSR count). The molecule has 8 aromatic rings. The van der Waals surface area contributed by atoms with Crippen LogP contribution in [0.5, 0.6) is 0 Å². The molecule has 4 fully saturated rings. The number of rotatable bonds is 16. The molecular formula is C60H56F6N14O4S2. The van der Waals surface area contributed by atoms with E-state index >= 15 is 0 Å². The van der Waals surface area contributed by atoms with Crippen molar-refractivity contribution in [3.63, 3.8) is 0 Å². The van der Waals surface area contributed by atoms with Crippen LogP contribution in [0.1, 0.15) is 46.7 Å². The normalized spacial score (nSPS) is 21.2. The van der Waals surface area contributed by atoms with Gasteiger partial charge >= 0.3 is 24.5 Å². The lowest BCUT2D eigenvalue weighted by atomic mass is 9.94. The fourth-order valence-corrected chi connectivity index (χ4v) is 13.9. The van der Waals surface area contributed by atoms with Crippen molar-refractivity contribution >= 4 is 59.0 Å². The molecule has 6 atom stereocenters. The molecule has 0 spiro atoms. The number of aromatic nitrogens is 8. The number of nitrogens with one attached hydrogen (secondary N) is 1. The van der Waals surface area contributed by atoms with Gasteiger partial charge in [0.1, 0.15) is 28.3 Å². The predicted octanol–water partition coefficient (Wildman–Crippen LogP) is 10.9. The van der Waals surface area contributed by atoms with Crippen LogP contribution in [0.25, 0.3) is 0 Å². The summed E-state index contributed by atoms with van der Waals surface area (Å²) in [5.41, 5.74) is 13.1. The van der Waals surface area contributed by atoms with Gasteiger partial charge < -0.3 is 41.3 Å². The highest BCUT2D eigenvalue weighted by Gasteiger charge is 2.69. The van der Waals surface area contributed by atoms with Gasteiger partial charge in [-0.15, -0.1) is 0 Å². The average Bonchev–Trinajstić information content (AvgIpc) is 1.62. The SMILES string of the molecule is Nc1nc(N2CCC3C(C2)C3(CN(Cc2ccccc2)C(=O)O)c2ccccn2)cnc1Sc1cccnc1C(F)(F)F.Nc1nc(N2CCC3C(C2)C3(CNC(=O)OCc2ccccc2)c2ccccn2)cnc1Sc1cccnc1C(F)(F)F. The highest BCUT2D eigenvalue weighted by molar-refractivity contribution is 7.99. The smallest absolute Gasteiger partial charge is 0.434 e. The van der Waals surface area contributed by atoms with Gasteiger partial charge in [0.15, 0.2) is 23.0 Å². The Balaban J connectivity index is 0.000000179. The number of pyridine rings is 4. The van der Waals surface area contributed by atoms with E-state index in [4.69, 9.17) is 16.2 Å². The van der Waals surface area contributed by atoms with Gasteiger partial charge in [-0.2, -0.15) is 26.3 Å². The maximum Gasteiger partial charge on any atom is 0.434 e. The second-order valence-electron chi connectivity index (χ2n) is 21.2. The highest BCUT2D eigenvalue weighted by atomic mass is 32.2. The van der Waals surface area contributed by atoms with Crippen molar-refractivity contribution in [2.24, 2.45) is 23.7 Å². The minimum atomic E-state index is -4.61. The Morgan fingerprint density at radius 1 is 0.605 bits per heavy atom. The zero-order valence-electron chi connectivity index (χ0n) is 45.7. The van der Waals surface area contributed by atoms with Crippen LogP contribution in [0.2, 0.25) is 0 Å². The van der Waals surface area contributed by atoms with E-state index in [9.17, 15) is 41.0 Å². The number of alkyl halides is 6. The van der Waals surface area contributed by atoms with Gasteiger partial charge in [0, 0.05) is 103 Å². The van der Waals surface area contributed by atoms with E-state index in [2.05, 4.69) is 55.0 Å². The number of ether oxygens (including phenoxy) is 1. The van der Waals surface area contributed by atoms with Crippen molar-refractivity contribution in [1.82, 2.24) is 50.1 Å². The molecular weight excluding hydrogens is 1160 g/mol. The van der Waals surface area contributed by atoms with Crippen molar-refractivity contribution < 1.29 is 45.8 Å². The van der Waals surface area contributed by atoms with Crippen LogP contribution in [-0.2, 0) is 41.1 Å². The number of anilines is 4. The summed E-state index contributed by atoms with van der Waals surface area (Å²) in [6.07, 6.45) is -0.367. The lowest BCUT2D eigenvalue weighted by molar-refractivity contribution is -0.144. The number of nitrogens with zero attached hydrogens (tertiary/aromatic N) is 11. The van der Waals surface area contributed by atoms with Gasteiger partial charge in [-0.1, -0.05) is 96.3 Å². The number of carboxylic acid groups (broad SMARTS) is 1. The zero-order chi connectivity index (χ0) is 60.2. The minimum Gasteiger partial charge on any atom is -0.465 e. The summed E-state index contributed by atoms with van der Waals surface area (Å²) in [6, 6.07) is 36.0. The molecule has 18 nitrogen and oxygen atoms in total. The number of nitrogen functional groups attached to an aromatic ring is 2. The Kier molecular flexibility index (Phi) is 16.9. The molecule has 2 amide bonds. The van der Waals surface area contributed by atoms with Gasteiger partial charge in [0.05, 0.1) is 12.4 Å². The van der Waals surface area contributed by atoms with E-state index in [0.29, 0.717) is 56.8 Å². The van der Waals surface area contributed by atoms with Crippen molar-refractivity contribution in [2.75, 3.05) is 60.5 Å². The third kappa shape index (κ3) is 12.6. The second-order valence-corrected chi connectivity index (χ2v) is 23.2. The second kappa shape index (κ2) is 24.7. The maximum absolute atomic E-state index is 13.4. The number of halogens is 6. The van der Waals surface area contributed by atoms with Crippen LogP contribution in [0.15, 0.2) is 178 Å². The molecule has 0 radical (unpaired) electrons. The summed E-state index contributed by atoms with van der Waals surface area (Å²) >= 11 is 1.55. The van der Waals surface area contributed by atoms with E-state index < -0.39 is 41.3 Å². The largest absolute Gasteiger partial charge is 0.465 e. The molecule has 2 saturated carbocycles. The summed E-state index contributed by atoms with van der Waals surface area (Å²) in [5.74, 6) is 1.91. The molecule has 2 aromatic carbocycles. The molecule has 8 heterocycles. The molecule has 6 N–H and O–H groups in total. The van der Waals surface area contributed by atoms with Crippen molar-refractivity contribution in [2.45, 2.75) is 69.0 Å². The van der Waals surface area contributed by atoms with E-state index in [-0.39, 0.29) is 67.8 Å². The monoisotopic (exact) mass is 1210 g/mol. The Hall–Kier alpha value is -8.78. The van der Waals surface area contributed by atoms with Crippen LogP contribution in [0, 0.1) is 23.7 Å². The number of carbonyl (C=O) groups is 2. The lowest BCUT2D eigenvalue weighted by Crippen LogP contribution is -2.38. The Labute approximate surface area is 498 Å². The van der Waals surface area contributed by atoms with Crippen molar-refractivity contribution in [1.29, 1.82) is 0 Å². The molecule has 444 valence electrons. The zero-order valence-corrected chi connectivity index (χ0v) is 47.4. The Bertz CT molecular complexity index is 3680. The fourth-order valence-electron chi connectivity index (χ4n) is 12.2. The summed E-state index contributed by atoms with van der Waals surface area (Å²) < 4.78 is 85.9. The standard InChI is InChI=1S/2C30H28F3N7O2S/c31-30(32,33)25-22(9-6-13-36-25)43-27-26(34)39-24(15-37-27)40-14-11-20-21(16-40)29(20,23-10-4-5-12-35-23)18-38-28(41)42-17-19-7-2-1-3-8-19;31-30(32,33)25-22(9-6-13-36-25)43-27-26(34)38-24(15-37-27)39-14-11-20-21(17-39)29(20,23-10-4-5-12-35-23)18-40(28(41)42)16-19-7-2-1-3-8-19/h1-10,12-13,15,20-21H,11,14,16-18H2,(H2,34,39)(H,38,41);1-10,12-13,15,20-21H,11,14,16-18H2,(H2,34,38)(H,41,42). The summed E-state index contributed by atoms with van der Waals surface area (Å²) in [6.45, 7) is 3.65. The van der Waals surface area contributed by atoms with Crippen LogP contribution in [-0.4, -0.2) is 101 Å². The van der Waals surface area contributed by atoms with E-state index in [0.717, 1.165) is 71.3 Å². The molecule has 2 aliphatic carbocycles. The minimum absolute atomic E-state index is 0.0216. The van der Waals surface area contributed by atoms with Crippen LogP contribution in [0.4, 0.5) is 59.2 Å². The maximum atomic E-state index is 13.4. The Morgan fingerprint density at radius 3 is 1.55 bits per heavy atom. The topological polar surface area (TPSA) is 241 Å². The molecule has 6 unspecified atom stereocenters. The number of benzene rings is 2. The number of nitrogens with two attached hydrogens (primary N) is 2. The summed E-state index contributed by atoms with van der Waals surface area (Å²) in [5, 5.41) is 13.4. The van der Waals surface area contributed by atoms with Crippen LogP contribution < -0.4 is 26.6 Å². The first-order valence-electron chi connectivity index (χ1n) is 27.4. The number of hydrogen-bond donors (Lipinski definition) is 4. The lowest BCUT2D eigenvalue weighted by Gasteiger charge is -2.28. The Morgan fingerprint density at radius 2 is 1.07 bits per heavy atom. The highest BCUT2D eigenvalue weighted by Crippen LogP contribution is 2.64. The van der Waals surface area contributed by atoms with Gasteiger partial charge in [-0.25, -0.2) is 29.5 Å². The fraction of sp³-hybridized carbons (Fsp3) is 0.300. The number of alkyl carbamates (subject to hydrolysis) is 1. The van der Waals surface area contributed by atoms with Crippen LogP contribution in [0.3, 0.4) is 0 Å². The van der Waals surface area contributed by atoms with Crippen LogP contribution >= 0.6 is 23.5 Å². The predicted molar refractivity (Wildman–Crippen MR) is 309 cm³/mol. The summed E-state index contributed by atoms with van der Waals surface area (Å²) in [7, 11) is 0. The van der Waals surface area contributed by atoms with Crippen molar-refractivity contribution in [3.8, 4) is 0 Å². The van der Waals surface area contributed by atoms with Gasteiger partial charge in [0.2, 0.25) is 0 Å². The first-order valence-corrected chi connectivity index (χ1v) is 29.0. The van der Waals surface area contributed by atoms with E-state index in [1.165, 1.54) is 41.6 Å². The first kappa shape index (κ1) is 59.0. The molecule has 86 heavy (non-hydrogen) atoms. The number of fused-ring (bicyclic) bond motifs is 2. The third-order valence-corrected chi connectivity index (χ3v) is 18.4. The van der Waals surface area contributed by atoms with Gasteiger partial charge in [-0.3, -0.25) is 19.9 Å². The number of amides is 2. The van der Waals surface area contributed by atoms with E-state index in [1.807, 2.05) is 97.1 Å². The molecule has 26 heteroatoms. The number of piperidine rings is 2. The van der Waals surface area contributed by atoms with Gasteiger partial charge in [0.25, 0.3) is 0 Å².